The highest BCUT2D eigenvalue weighted by molar-refractivity contribution is 6.02. The predicted octanol–water partition coefficient (Wildman–Crippen LogP) is 2.12. The summed E-state index contributed by atoms with van der Waals surface area (Å²) in [5.41, 5.74) is 2.17. The van der Waals surface area contributed by atoms with E-state index in [1.165, 1.54) is 0 Å². The smallest absolute Gasteiger partial charge is 0.344 e. The van der Waals surface area contributed by atoms with Crippen LogP contribution < -0.4 is 0 Å². The second kappa shape index (κ2) is 6.64. The third-order valence-corrected chi connectivity index (χ3v) is 4.31. The number of ether oxygens (including phenoxy) is 2. The molecular formula is C17H19N5O3. The van der Waals surface area contributed by atoms with Crippen LogP contribution in [0.3, 0.4) is 0 Å². The van der Waals surface area contributed by atoms with Crippen LogP contribution in [0.2, 0.25) is 0 Å². The average Bonchev–Trinajstić information content (AvgIpc) is 3.27. The van der Waals surface area contributed by atoms with Crippen LogP contribution in [0.4, 0.5) is 0 Å². The molecule has 1 aliphatic rings. The molecule has 0 aromatic carbocycles. The van der Waals surface area contributed by atoms with Crippen molar-refractivity contribution in [3.63, 3.8) is 0 Å². The number of esters is 1. The maximum Gasteiger partial charge on any atom is 0.344 e. The number of nitrogens with zero attached hydrogens (tertiary/aromatic N) is 5. The standard InChI is InChI=1S/C17H19N5O3/c1-2-25-17(23)14-15(20-21-7-3-6-18-16(14)21)12-10-19-22(11-12)13-4-8-24-9-5-13/h3,6-7,10-11,13H,2,4-5,8-9H2,1H3. The normalized spacial score (nSPS) is 15.6. The average molecular weight is 341 g/mol. The number of fused-ring (bicyclic) bond motifs is 1. The number of hydrogen-bond donors (Lipinski definition) is 0. The quantitative estimate of drug-likeness (QED) is 0.676. The third-order valence-electron chi connectivity index (χ3n) is 4.31. The SMILES string of the molecule is CCOC(=O)c1c(-c2cnn(C3CCOCC3)c2)nn2cccnc12. The van der Waals surface area contributed by atoms with E-state index < -0.39 is 5.97 Å². The molecule has 4 rings (SSSR count). The van der Waals surface area contributed by atoms with Crippen molar-refractivity contribution in [2.75, 3.05) is 19.8 Å². The molecule has 0 N–H and O–H groups in total. The maximum absolute atomic E-state index is 12.5. The molecule has 3 aromatic rings. The number of rotatable bonds is 4. The summed E-state index contributed by atoms with van der Waals surface area (Å²) in [7, 11) is 0. The van der Waals surface area contributed by atoms with E-state index in [0.717, 1.165) is 31.6 Å². The Kier molecular flexibility index (Phi) is 4.19. The zero-order valence-corrected chi connectivity index (χ0v) is 14.0. The molecule has 0 saturated carbocycles. The lowest BCUT2D eigenvalue weighted by Crippen LogP contribution is -2.19. The lowest BCUT2D eigenvalue weighted by Gasteiger charge is -2.22. The molecule has 1 saturated heterocycles. The Morgan fingerprint density at radius 2 is 2.24 bits per heavy atom. The summed E-state index contributed by atoms with van der Waals surface area (Å²) in [6.07, 6.45) is 8.92. The van der Waals surface area contributed by atoms with Gasteiger partial charge >= 0.3 is 5.97 Å². The molecule has 8 nitrogen and oxygen atoms in total. The fourth-order valence-corrected chi connectivity index (χ4v) is 3.09. The van der Waals surface area contributed by atoms with E-state index in [1.807, 2.05) is 10.9 Å². The topological polar surface area (TPSA) is 83.5 Å². The lowest BCUT2D eigenvalue weighted by atomic mass is 10.1. The minimum absolute atomic E-state index is 0.295. The number of hydrogen-bond acceptors (Lipinski definition) is 6. The number of aromatic nitrogens is 5. The maximum atomic E-state index is 12.5. The van der Waals surface area contributed by atoms with Crippen LogP contribution in [0.25, 0.3) is 16.9 Å². The van der Waals surface area contributed by atoms with Gasteiger partial charge in [0.15, 0.2) is 5.65 Å². The lowest BCUT2D eigenvalue weighted by molar-refractivity contribution is 0.0529. The van der Waals surface area contributed by atoms with Crippen LogP contribution in [0, 0.1) is 0 Å². The van der Waals surface area contributed by atoms with Crippen molar-refractivity contribution in [2.45, 2.75) is 25.8 Å². The first-order valence-electron chi connectivity index (χ1n) is 8.40. The summed E-state index contributed by atoms with van der Waals surface area (Å²) in [5.74, 6) is -0.426. The molecule has 4 heterocycles. The van der Waals surface area contributed by atoms with E-state index in [1.54, 1.807) is 36.1 Å². The fourth-order valence-electron chi connectivity index (χ4n) is 3.09. The molecule has 0 amide bonds. The molecule has 0 spiro atoms. The van der Waals surface area contributed by atoms with Gasteiger partial charge in [-0.1, -0.05) is 0 Å². The second-order valence-corrected chi connectivity index (χ2v) is 5.88. The van der Waals surface area contributed by atoms with Crippen molar-refractivity contribution in [3.05, 3.63) is 36.4 Å². The zero-order valence-electron chi connectivity index (χ0n) is 14.0. The first-order valence-corrected chi connectivity index (χ1v) is 8.40. The molecule has 3 aromatic heterocycles. The number of carbonyl (C=O) groups excluding carboxylic acids is 1. The molecular weight excluding hydrogens is 322 g/mol. The van der Waals surface area contributed by atoms with Crippen molar-refractivity contribution >= 4 is 11.6 Å². The van der Waals surface area contributed by atoms with E-state index in [2.05, 4.69) is 15.2 Å². The van der Waals surface area contributed by atoms with Gasteiger partial charge < -0.3 is 9.47 Å². The van der Waals surface area contributed by atoms with Gasteiger partial charge in [-0.25, -0.2) is 14.3 Å². The van der Waals surface area contributed by atoms with Gasteiger partial charge in [0, 0.05) is 37.4 Å². The molecule has 0 bridgehead atoms. The molecule has 0 atom stereocenters. The van der Waals surface area contributed by atoms with Gasteiger partial charge in [0.2, 0.25) is 0 Å². The van der Waals surface area contributed by atoms with E-state index in [0.29, 0.717) is 29.6 Å². The van der Waals surface area contributed by atoms with Gasteiger partial charge in [-0.05, 0) is 25.8 Å². The van der Waals surface area contributed by atoms with Crippen molar-refractivity contribution in [2.24, 2.45) is 0 Å². The highest BCUT2D eigenvalue weighted by atomic mass is 16.5. The largest absolute Gasteiger partial charge is 0.462 e. The van der Waals surface area contributed by atoms with Crippen molar-refractivity contribution in [1.29, 1.82) is 0 Å². The second-order valence-electron chi connectivity index (χ2n) is 5.88. The molecule has 1 fully saturated rings. The van der Waals surface area contributed by atoms with E-state index in [4.69, 9.17) is 9.47 Å². The van der Waals surface area contributed by atoms with Crippen LogP contribution in [0.15, 0.2) is 30.9 Å². The van der Waals surface area contributed by atoms with Gasteiger partial charge in [-0.15, -0.1) is 0 Å². The van der Waals surface area contributed by atoms with Crippen LogP contribution >= 0.6 is 0 Å². The summed E-state index contributed by atoms with van der Waals surface area (Å²) in [4.78, 5) is 16.7. The first kappa shape index (κ1) is 15.8. The van der Waals surface area contributed by atoms with Gasteiger partial charge in [-0.2, -0.15) is 10.2 Å². The Bertz CT molecular complexity index is 895. The van der Waals surface area contributed by atoms with Gasteiger partial charge in [0.25, 0.3) is 0 Å². The van der Waals surface area contributed by atoms with Crippen molar-refractivity contribution in [1.82, 2.24) is 24.4 Å². The van der Waals surface area contributed by atoms with Crippen molar-refractivity contribution in [3.8, 4) is 11.3 Å². The van der Waals surface area contributed by atoms with Gasteiger partial charge in [0.1, 0.15) is 11.3 Å². The summed E-state index contributed by atoms with van der Waals surface area (Å²) in [5, 5.41) is 8.99. The van der Waals surface area contributed by atoms with Crippen molar-refractivity contribution < 1.29 is 14.3 Å². The van der Waals surface area contributed by atoms with Crippen LogP contribution in [-0.2, 0) is 9.47 Å². The molecule has 130 valence electrons. The minimum Gasteiger partial charge on any atom is -0.462 e. The first-order chi connectivity index (χ1) is 12.3. The third kappa shape index (κ3) is 2.89. The van der Waals surface area contributed by atoms with Crippen LogP contribution in [-0.4, -0.2) is 50.2 Å². The monoisotopic (exact) mass is 341 g/mol. The Labute approximate surface area is 144 Å². The zero-order chi connectivity index (χ0) is 17.2. The minimum atomic E-state index is -0.426. The Morgan fingerprint density at radius 1 is 1.40 bits per heavy atom. The summed E-state index contributed by atoms with van der Waals surface area (Å²) in [6, 6.07) is 2.08. The highest BCUT2D eigenvalue weighted by Gasteiger charge is 2.25. The van der Waals surface area contributed by atoms with Crippen LogP contribution in [0.1, 0.15) is 36.2 Å². The fraction of sp³-hybridized carbons (Fsp3) is 0.412. The molecule has 1 aliphatic heterocycles. The van der Waals surface area contributed by atoms with E-state index in [-0.39, 0.29) is 0 Å². The van der Waals surface area contributed by atoms with E-state index in [9.17, 15) is 4.79 Å². The summed E-state index contributed by atoms with van der Waals surface area (Å²) >= 11 is 0. The summed E-state index contributed by atoms with van der Waals surface area (Å²) in [6.45, 7) is 3.56. The van der Waals surface area contributed by atoms with Crippen LogP contribution in [0.5, 0.6) is 0 Å². The predicted molar refractivity (Wildman–Crippen MR) is 89.3 cm³/mol. The summed E-state index contributed by atoms with van der Waals surface area (Å²) < 4.78 is 14.1. The molecule has 8 heteroatoms. The highest BCUT2D eigenvalue weighted by Crippen LogP contribution is 2.28. The Hall–Kier alpha value is -2.74. The Balaban J connectivity index is 1.77. The van der Waals surface area contributed by atoms with E-state index >= 15 is 0 Å². The molecule has 25 heavy (non-hydrogen) atoms. The Morgan fingerprint density at radius 3 is 3.04 bits per heavy atom. The van der Waals surface area contributed by atoms with Gasteiger partial charge in [-0.3, -0.25) is 4.68 Å². The molecule has 0 radical (unpaired) electrons. The molecule has 0 aliphatic carbocycles. The number of carbonyl (C=O) groups is 1. The van der Waals surface area contributed by atoms with Gasteiger partial charge in [0.05, 0.1) is 18.8 Å². The molecule has 0 unspecified atom stereocenters.